The van der Waals surface area contributed by atoms with Gasteiger partial charge in [0.05, 0.1) is 18.8 Å². The van der Waals surface area contributed by atoms with E-state index in [-0.39, 0.29) is 11.9 Å². The van der Waals surface area contributed by atoms with Crippen molar-refractivity contribution in [3.8, 4) is 0 Å². The summed E-state index contributed by atoms with van der Waals surface area (Å²) in [5.74, 6) is 0.0385. The Morgan fingerprint density at radius 2 is 2.11 bits per heavy atom. The van der Waals surface area contributed by atoms with Gasteiger partial charge >= 0.3 is 0 Å². The first-order valence-electron chi connectivity index (χ1n) is 6.77. The normalized spacial score (nSPS) is 14.3. The van der Waals surface area contributed by atoms with Crippen molar-refractivity contribution in [2.45, 2.75) is 45.8 Å². The molecule has 0 heterocycles. The average Bonchev–Trinajstić information content (AvgIpc) is 2.39. The van der Waals surface area contributed by atoms with Crippen LogP contribution in [0.2, 0.25) is 0 Å². The average molecular weight is 260 g/mol. The zero-order valence-electron chi connectivity index (χ0n) is 12.1. The van der Waals surface area contributed by atoms with Crippen LogP contribution >= 0.6 is 0 Å². The van der Waals surface area contributed by atoms with E-state index in [1.807, 2.05) is 6.92 Å². The zero-order valence-corrected chi connectivity index (χ0v) is 12.1. The first-order chi connectivity index (χ1) is 8.52. The number of hydrogen-bond donors (Lipinski definition) is 2. The minimum atomic E-state index is -0.566. The van der Waals surface area contributed by atoms with Gasteiger partial charge in [0, 0.05) is 26.7 Å². The largest absolute Gasteiger partial charge is 0.389 e. The minimum absolute atomic E-state index is 0.0385. The van der Waals surface area contributed by atoms with Crippen LogP contribution in [0.1, 0.15) is 33.6 Å². The fourth-order valence-corrected chi connectivity index (χ4v) is 1.41. The van der Waals surface area contributed by atoms with Gasteiger partial charge in [0.25, 0.3) is 0 Å². The Bertz CT molecular complexity index is 224. The third kappa shape index (κ3) is 7.63. The van der Waals surface area contributed by atoms with E-state index in [4.69, 9.17) is 4.74 Å². The number of hydrogen-bond acceptors (Lipinski definition) is 4. The van der Waals surface area contributed by atoms with Gasteiger partial charge < -0.3 is 20.1 Å². The van der Waals surface area contributed by atoms with E-state index < -0.39 is 6.10 Å². The van der Waals surface area contributed by atoms with Crippen molar-refractivity contribution in [3.05, 3.63) is 0 Å². The van der Waals surface area contributed by atoms with Gasteiger partial charge in [0.2, 0.25) is 5.91 Å². The highest BCUT2D eigenvalue weighted by Gasteiger charge is 2.16. The molecule has 2 atom stereocenters. The molecule has 0 saturated heterocycles. The van der Waals surface area contributed by atoms with E-state index in [2.05, 4.69) is 12.2 Å². The number of carbonyl (C=O) groups excluding carboxylic acids is 1. The van der Waals surface area contributed by atoms with Gasteiger partial charge in [-0.25, -0.2) is 0 Å². The first kappa shape index (κ1) is 17.4. The van der Waals surface area contributed by atoms with Crippen molar-refractivity contribution >= 4 is 5.91 Å². The van der Waals surface area contributed by atoms with Crippen LogP contribution in [-0.4, -0.2) is 61.4 Å². The molecule has 0 rings (SSSR count). The molecule has 5 heteroatoms. The van der Waals surface area contributed by atoms with Gasteiger partial charge in [0.15, 0.2) is 0 Å². The van der Waals surface area contributed by atoms with Crippen molar-refractivity contribution in [2.24, 2.45) is 0 Å². The molecule has 0 aliphatic heterocycles. The van der Waals surface area contributed by atoms with Crippen molar-refractivity contribution < 1.29 is 14.6 Å². The maximum absolute atomic E-state index is 11.7. The van der Waals surface area contributed by atoms with Crippen molar-refractivity contribution in [2.75, 3.05) is 33.4 Å². The molecule has 18 heavy (non-hydrogen) atoms. The molecule has 2 unspecified atom stereocenters. The number of ether oxygens (including phenoxy) is 1. The molecule has 0 spiro atoms. The lowest BCUT2D eigenvalue weighted by atomic mass is 10.2. The maximum atomic E-state index is 11.7. The second kappa shape index (κ2) is 10.3. The van der Waals surface area contributed by atoms with E-state index >= 15 is 0 Å². The smallest absolute Gasteiger partial charge is 0.239 e. The molecule has 0 fully saturated rings. The highest BCUT2D eigenvalue weighted by molar-refractivity contribution is 5.81. The summed E-state index contributed by atoms with van der Waals surface area (Å²) in [6, 6.07) is -0.278. The summed E-state index contributed by atoms with van der Waals surface area (Å²) in [5, 5.41) is 12.7. The van der Waals surface area contributed by atoms with Crippen LogP contribution in [0.4, 0.5) is 0 Å². The molecule has 0 aliphatic carbocycles. The molecule has 5 nitrogen and oxygen atoms in total. The number of unbranched alkanes of at least 4 members (excludes halogenated alkanes) is 1. The van der Waals surface area contributed by atoms with Gasteiger partial charge in [-0.05, 0) is 20.3 Å². The molecule has 0 radical (unpaired) electrons. The molecule has 0 aliphatic rings. The van der Waals surface area contributed by atoms with Crippen LogP contribution in [0.25, 0.3) is 0 Å². The predicted octanol–water partition coefficient (Wildman–Crippen LogP) is 0.620. The molecular formula is C13H28N2O3. The summed E-state index contributed by atoms with van der Waals surface area (Å²) < 4.78 is 5.31. The number of rotatable bonds is 10. The van der Waals surface area contributed by atoms with E-state index in [0.717, 1.165) is 12.8 Å². The van der Waals surface area contributed by atoms with Crippen LogP contribution in [0.15, 0.2) is 0 Å². The van der Waals surface area contributed by atoms with Crippen LogP contribution in [0, 0.1) is 0 Å². The molecule has 0 saturated carbocycles. The third-order valence-corrected chi connectivity index (χ3v) is 2.83. The Morgan fingerprint density at radius 3 is 2.67 bits per heavy atom. The monoisotopic (exact) mass is 260 g/mol. The highest BCUT2D eigenvalue weighted by Crippen LogP contribution is 1.94. The first-order valence-corrected chi connectivity index (χ1v) is 6.77. The Kier molecular flexibility index (Phi) is 9.92. The number of aliphatic hydroxyl groups is 1. The predicted molar refractivity (Wildman–Crippen MR) is 72.5 cm³/mol. The van der Waals surface area contributed by atoms with E-state index in [0.29, 0.717) is 26.3 Å². The van der Waals surface area contributed by atoms with E-state index in [9.17, 15) is 9.90 Å². The summed E-state index contributed by atoms with van der Waals surface area (Å²) in [5.41, 5.74) is 0. The quantitative estimate of drug-likeness (QED) is 0.565. The van der Waals surface area contributed by atoms with Gasteiger partial charge in [-0.2, -0.15) is 0 Å². The highest BCUT2D eigenvalue weighted by atomic mass is 16.5. The molecule has 108 valence electrons. The van der Waals surface area contributed by atoms with Crippen LogP contribution in [0.3, 0.4) is 0 Å². The number of likely N-dealkylation sites (N-methyl/N-ethyl adjacent to an activating group) is 1. The van der Waals surface area contributed by atoms with Gasteiger partial charge in [-0.1, -0.05) is 13.3 Å². The Labute approximate surface area is 110 Å². The molecule has 1 amide bonds. The zero-order chi connectivity index (χ0) is 14.0. The number of nitrogens with one attached hydrogen (secondary N) is 1. The minimum Gasteiger partial charge on any atom is -0.389 e. The van der Waals surface area contributed by atoms with E-state index in [1.165, 1.54) is 0 Å². The summed E-state index contributed by atoms with van der Waals surface area (Å²) >= 11 is 0. The lowest BCUT2D eigenvalue weighted by Gasteiger charge is -2.21. The summed E-state index contributed by atoms with van der Waals surface area (Å²) in [7, 11) is 1.77. The van der Waals surface area contributed by atoms with E-state index in [1.54, 1.807) is 18.9 Å². The third-order valence-electron chi connectivity index (χ3n) is 2.83. The molecule has 0 aromatic carbocycles. The molecular weight excluding hydrogens is 232 g/mol. The molecule has 0 aromatic heterocycles. The Balaban J connectivity index is 3.70. The van der Waals surface area contributed by atoms with Gasteiger partial charge in [-0.15, -0.1) is 0 Å². The van der Waals surface area contributed by atoms with Crippen LogP contribution < -0.4 is 5.32 Å². The second-order valence-electron chi connectivity index (χ2n) is 4.56. The SMILES string of the molecule is CCCCOCC(O)CNC(C)C(=O)N(C)CC. The summed E-state index contributed by atoms with van der Waals surface area (Å²) in [4.78, 5) is 13.4. The topological polar surface area (TPSA) is 61.8 Å². The van der Waals surface area contributed by atoms with Crippen molar-refractivity contribution in [1.82, 2.24) is 10.2 Å². The van der Waals surface area contributed by atoms with Crippen LogP contribution in [-0.2, 0) is 9.53 Å². The van der Waals surface area contributed by atoms with Gasteiger partial charge in [-0.3, -0.25) is 4.79 Å². The number of nitrogens with zero attached hydrogens (tertiary/aromatic N) is 1. The summed E-state index contributed by atoms with van der Waals surface area (Å²) in [6.07, 6.45) is 1.53. The Morgan fingerprint density at radius 1 is 1.44 bits per heavy atom. The Hall–Kier alpha value is -0.650. The molecule has 2 N–H and O–H groups in total. The maximum Gasteiger partial charge on any atom is 0.239 e. The fraction of sp³-hybridized carbons (Fsp3) is 0.923. The van der Waals surface area contributed by atoms with Crippen LogP contribution in [0.5, 0.6) is 0 Å². The molecule has 0 bridgehead atoms. The lowest BCUT2D eigenvalue weighted by Crippen LogP contribution is -2.46. The summed E-state index contributed by atoms with van der Waals surface area (Å²) in [6.45, 7) is 7.89. The molecule has 0 aromatic rings. The lowest BCUT2D eigenvalue weighted by molar-refractivity contribution is -0.131. The fourth-order valence-electron chi connectivity index (χ4n) is 1.41. The number of amides is 1. The second-order valence-corrected chi connectivity index (χ2v) is 4.56. The standard InChI is InChI=1S/C13H28N2O3/c1-5-7-8-18-10-12(16)9-14-11(3)13(17)15(4)6-2/h11-12,14,16H,5-10H2,1-4H3. The number of aliphatic hydroxyl groups excluding tert-OH is 1. The van der Waals surface area contributed by atoms with Crippen molar-refractivity contribution in [3.63, 3.8) is 0 Å². The number of carbonyl (C=O) groups is 1. The van der Waals surface area contributed by atoms with Crippen molar-refractivity contribution in [1.29, 1.82) is 0 Å². The van der Waals surface area contributed by atoms with Gasteiger partial charge in [0.1, 0.15) is 0 Å².